The highest BCUT2D eigenvalue weighted by atomic mass is 32.2. The summed E-state index contributed by atoms with van der Waals surface area (Å²) in [7, 11) is -3.94. The van der Waals surface area contributed by atoms with Crippen LogP contribution in [-0.4, -0.2) is 30.7 Å². The number of alkyl halides is 2. The van der Waals surface area contributed by atoms with Crippen molar-refractivity contribution in [1.82, 2.24) is 15.1 Å². The van der Waals surface area contributed by atoms with E-state index >= 15 is 0 Å². The lowest BCUT2D eigenvalue weighted by atomic mass is 9.67. The summed E-state index contributed by atoms with van der Waals surface area (Å²) >= 11 is 0. The predicted octanol–water partition coefficient (Wildman–Crippen LogP) is 4.79. The van der Waals surface area contributed by atoms with E-state index in [1.54, 1.807) is 18.3 Å². The van der Waals surface area contributed by atoms with Crippen LogP contribution in [0, 0.1) is 5.92 Å². The number of fused-ring (bicyclic) bond motifs is 2. The molecule has 2 aromatic carbocycles. The SMILES string of the molecule is CCn1cc(CNC(=O)C2CCC3(CC2)CN(S(=O)(=O)c2ccc(C(F)F)cc2)c2ccccc23)cn1. The van der Waals surface area contributed by atoms with E-state index in [0.29, 0.717) is 37.9 Å². The van der Waals surface area contributed by atoms with Crippen molar-refractivity contribution in [2.45, 2.75) is 62.4 Å². The monoisotopic (exact) mass is 528 g/mol. The van der Waals surface area contributed by atoms with Crippen LogP contribution in [0.4, 0.5) is 14.5 Å². The highest BCUT2D eigenvalue weighted by molar-refractivity contribution is 7.92. The molecule has 0 radical (unpaired) electrons. The van der Waals surface area contributed by atoms with Crippen molar-refractivity contribution in [1.29, 1.82) is 0 Å². The summed E-state index contributed by atoms with van der Waals surface area (Å²) in [6, 6.07) is 12.3. The standard InChI is InChI=1S/C27H30F2N4O3S/c1-2-32-17-19(16-31-32)15-30-26(34)21-11-13-27(14-12-21)18-33(24-6-4-3-5-23(24)27)37(35,36)22-9-7-20(8-10-22)25(28)29/h3-10,16-17,21,25H,2,11-15,18H2,1H3,(H,30,34). The lowest BCUT2D eigenvalue weighted by molar-refractivity contribution is -0.126. The van der Waals surface area contributed by atoms with Crippen LogP contribution in [-0.2, 0) is 33.3 Å². The molecular formula is C27H30F2N4O3S. The van der Waals surface area contributed by atoms with E-state index in [9.17, 15) is 22.0 Å². The lowest BCUT2D eigenvalue weighted by Gasteiger charge is -2.37. The molecule has 2 heterocycles. The highest BCUT2D eigenvalue weighted by Crippen LogP contribution is 2.51. The van der Waals surface area contributed by atoms with Crippen molar-refractivity contribution >= 4 is 21.6 Å². The first-order chi connectivity index (χ1) is 17.7. The predicted molar refractivity (Wildman–Crippen MR) is 136 cm³/mol. The van der Waals surface area contributed by atoms with Gasteiger partial charge in [0.15, 0.2) is 0 Å². The van der Waals surface area contributed by atoms with Gasteiger partial charge in [-0.25, -0.2) is 17.2 Å². The zero-order valence-corrected chi connectivity index (χ0v) is 21.4. The molecule has 2 aliphatic rings. The number of nitrogens with zero attached hydrogens (tertiary/aromatic N) is 3. The molecular weight excluding hydrogens is 498 g/mol. The number of halogens is 2. The molecule has 196 valence electrons. The van der Waals surface area contributed by atoms with E-state index in [4.69, 9.17) is 0 Å². The summed E-state index contributed by atoms with van der Waals surface area (Å²) in [5.74, 6) is -0.125. The van der Waals surface area contributed by atoms with Crippen molar-refractivity contribution in [3.63, 3.8) is 0 Å². The van der Waals surface area contributed by atoms with Gasteiger partial charge in [-0.1, -0.05) is 30.3 Å². The first kappa shape index (κ1) is 25.4. The maximum absolute atomic E-state index is 13.6. The largest absolute Gasteiger partial charge is 0.352 e. The molecule has 1 amide bonds. The summed E-state index contributed by atoms with van der Waals surface area (Å²) < 4.78 is 56.4. The van der Waals surface area contributed by atoms with E-state index < -0.39 is 16.4 Å². The van der Waals surface area contributed by atoms with Gasteiger partial charge in [0.25, 0.3) is 16.4 Å². The molecule has 5 rings (SSSR count). The molecule has 1 saturated carbocycles. The molecule has 1 aromatic heterocycles. The molecule has 7 nitrogen and oxygen atoms in total. The Morgan fingerprint density at radius 3 is 2.49 bits per heavy atom. The average molecular weight is 529 g/mol. The third-order valence-corrected chi connectivity index (χ3v) is 9.48. The minimum Gasteiger partial charge on any atom is -0.352 e. The first-order valence-corrected chi connectivity index (χ1v) is 14.0. The van der Waals surface area contributed by atoms with E-state index in [1.165, 1.54) is 16.4 Å². The number of benzene rings is 2. The number of carbonyl (C=O) groups excluding carboxylic acids is 1. The molecule has 37 heavy (non-hydrogen) atoms. The van der Waals surface area contributed by atoms with Crippen LogP contribution in [0.25, 0.3) is 0 Å². The van der Waals surface area contributed by atoms with E-state index in [1.807, 2.05) is 29.9 Å². The Bertz CT molecular complexity index is 1380. The first-order valence-electron chi connectivity index (χ1n) is 12.5. The van der Waals surface area contributed by atoms with E-state index in [-0.39, 0.29) is 34.2 Å². The zero-order chi connectivity index (χ0) is 26.2. The quantitative estimate of drug-likeness (QED) is 0.478. The molecule has 3 aromatic rings. The van der Waals surface area contributed by atoms with Crippen molar-refractivity contribution in [3.05, 3.63) is 77.6 Å². The molecule has 1 aliphatic carbocycles. The summed E-state index contributed by atoms with van der Waals surface area (Å²) in [5.41, 5.74) is 1.94. The van der Waals surface area contributed by atoms with Crippen molar-refractivity contribution in [2.75, 3.05) is 10.8 Å². The van der Waals surface area contributed by atoms with Crippen LogP contribution < -0.4 is 9.62 Å². The topological polar surface area (TPSA) is 84.3 Å². The third kappa shape index (κ3) is 4.74. The molecule has 1 fully saturated rings. The van der Waals surface area contributed by atoms with Gasteiger partial charge in [0, 0.05) is 48.3 Å². The van der Waals surface area contributed by atoms with Crippen LogP contribution in [0.3, 0.4) is 0 Å². The minimum atomic E-state index is -3.94. The normalized spacial score (nSPS) is 21.4. The van der Waals surface area contributed by atoms with Gasteiger partial charge in [-0.15, -0.1) is 0 Å². The Kier molecular flexibility index (Phi) is 6.78. The molecule has 0 bridgehead atoms. The fourth-order valence-electron chi connectivity index (χ4n) is 5.58. The fraction of sp³-hybridized carbons (Fsp3) is 0.407. The Morgan fingerprint density at radius 2 is 1.84 bits per heavy atom. The van der Waals surface area contributed by atoms with Gasteiger partial charge in [0.2, 0.25) is 5.91 Å². The third-order valence-electron chi connectivity index (χ3n) is 7.70. The number of amides is 1. The summed E-state index contributed by atoms with van der Waals surface area (Å²) in [6.07, 6.45) is 3.70. The highest BCUT2D eigenvalue weighted by Gasteiger charge is 2.49. The lowest BCUT2D eigenvalue weighted by Crippen LogP contribution is -2.42. The van der Waals surface area contributed by atoms with Crippen molar-refractivity contribution in [3.8, 4) is 0 Å². The van der Waals surface area contributed by atoms with Gasteiger partial charge < -0.3 is 5.32 Å². The average Bonchev–Trinajstić information content (AvgIpc) is 3.51. The molecule has 1 N–H and O–H groups in total. The van der Waals surface area contributed by atoms with Crippen LogP contribution in [0.15, 0.2) is 65.8 Å². The number of anilines is 1. The second-order valence-electron chi connectivity index (χ2n) is 9.88. The number of hydrogen-bond donors (Lipinski definition) is 1. The Hall–Kier alpha value is -3.27. The number of sulfonamides is 1. The van der Waals surface area contributed by atoms with Crippen LogP contribution in [0.5, 0.6) is 0 Å². The number of para-hydroxylation sites is 1. The minimum absolute atomic E-state index is 0.00831. The van der Waals surface area contributed by atoms with Gasteiger partial charge in [0.1, 0.15) is 0 Å². The zero-order valence-electron chi connectivity index (χ0n) is 20.6. The maximum atomic E-state index is 13.6. The maximum Gasteiger partial charge on any atom is 0.264 e. The van der Waals surface area contributed by atoms with E-state index in [2.05, 4.69) is 10.4 Å². The number of carbonyl (C=O) groups is 1. The Labute approximate surface area is 215 Å². The number of aromatic nitrogens is 2. The Balaban J connectivity index is 1.30. The summed E-state index contributed by atoms with van der Waals surface area (Å²) in [5, 5.41) is 7.25. The Morgan fingerprint density at radius 1 is 1.14 bits per heavy atom. The molecule has 10 heteroatoms. The van der Waals surface area contributed by atoms with Crippen molar-refractivity contribution < 1.29 is 22.0 Å². The molecule has 0 saturated heterocycles. The van der Waals surface area contributed by atoms with Crippen molar-refractivity contribution in [2.24, 2.45) is 5.92 Å². The fourth-order valence-corrected chi connectivity index (χ4v) is 7.15. The van der Waals surface area contributed by atoms with Crippen LogP contribution in [0.2, 0.25) is 0 Å². The number of aryl methyl sites for hydroxylation is 1. The molecule has 1 spiro atoms. The number of rotatable bonds is 7. The molecule has 0 atom stereocenters. The van der Waals surface area contributed by atoms with Crippen LogP contribution in [0.1, 0.15) is 55.7 Å². The van der Waals surface area contributed by atoms with Crippen LogP contribution >= 0.6 is 0 Å². The number of nitrogens with one attached hydrogen (secondary N) is 1. The second kappa shape index (κ2) is 9.89. The van der Waals surface area contributed by atoms with Gasteiger partial charge >= 0.3 is 0 Å². The number of hydrogen-bond acceptors (Lipinski definition) is 4. The van der Waals surface area contributed by atoms with Gasteiger partial charge in [-0.2, -0.15) is 5.10 Å². The van der Waals surface area contributed by atoms with Gasteiger partial charge in [0.05, 0.1) is 16.8 Å². The second-order valence-corrected chi connectivity index (χ2v) is 11.7. The molecule has 1 aliphatic heterocycles. The summed E-state index contributed by atoms with van der Waals surface area (Å²) in [6.45, 7) is 3.48. The summed E-state index contributed by atoms with van der Waals surface area (Å²) in [4.78, 5) is 12.9. The van der Waals surface area contributed by atoms with Gasteiger partial charge in [-0.05, 0) is 56.4 Å². The molecule has 0 unspecified atom stereocenters. The van der Waals surface area contributed by atoms with Gasteiger partial charge in [-0.3, -0.25) is 13.8 Å². The van der Waals surface area contributed by atoms with E-state index in [0.717, 1.165) is 29.8 Å². The smallest absolute Gasteiger partial charge is 0.264 e.